The van der Waals surface area contributed by atoms with Crippen LogP contribution in [-0.4, -0.2) is 16.1 Å². The highest BCUT2D eigenvalue weighted by atomic mass is 16.5. The van der Waals surface area contributed by atoms with Gasteiger partial charge < -0.3 is 9.84 Å². The number of pyridine rings is 1. The highest BCUT2D eigenvalue weighted by molar-refractivity contribution is 5.89. The van der Waals surface area contributed by atoms with Crippen molar-refractivity contribution in [2.45, 2.75) is 13.5 Å². The third-order valence-electron chi connectivity index (χ3n) is 2.56. The predicted molar refractivity (Wildman–Crippen MR) is 66.7 cm³/mol. The molecular formula is C14H13NO3. The van der Waals surface area contributed by atoms with E-state index >= 15 is 0 Å². The summed E-state index contributed by atoms with van der Waals surface area (Å²) in [6, 6.07) is 8.80. The highest BCUT2D eigenvalue weighted by Crippen LogP contribution is 2.14. The summed E-state index contributed by atoms with van der Waals surface area (Å²) in [4.78, 5) is 14.8. The quantitative estimate of drug-likeness (QED) is 0.896. The molecule has 0 saturated carbocycles. The van der Waals surface area contributed by atoms with E-state index in [1.165, 1.54) is 0 Å². The Hall–Kier alpha value is -2.36. The van der Waals surface area contributed by atoms with Crippen LogP contribution in [0.3, 0.4) is 0 Å². The number of aromatic nitrogens is 1. The number of carboxylic acids is 1. The summed E-state index contributed by atoms with van der Waals surface area (Å²) < 4.78 is 5.54. The van der Waals surface area contributed by atoms with Gasteiger partial charge in [0.05, 0.1) is 11.8 Å². The maximum absolute atomic E-state index is 10.9. The average molecular weight is 243 g/mol. The lowest BCUT2D eigenvalue weighted by Crippen LogP contribution is -2.02. The van der Waals surface area contributed by atoms with Gasteiger partial charge in [0.15, 0.2) is 0 Å². The van der Waals surface area contributed by atoms with Crippen molar-refractivity contribution in [2.24, 2.45) is 0 Å². The van der Waals surface area contributed by atoms with E-state index in [1.807, 2.05) is 12.1 Å². The molecule has 1 aromatic heterocycles. The normalized spacial score (nSPS) is 10.1. The second-order valence-electron chi connectivity index (χ2n) is 3.93. The molecule has 2 aromatic rings. The van der Waals surface area contributed by atoms with Gasteiger partial charge in [0.2, 0.25) is 0 Å². The first-order valence-electron chi connectivity index (χ1n) is 5.52. The van der Waals surface area contributed by atoms with Gasteiger partial charge >= 0.3 is 5.97 Å². The molecule has 2 rings (SSSR count). The Morgan fingerprint density at radius 3 is 2.83 bits per heavy atom. The predicted octanol–water partition coefficient (Wildman–Crippen LogP) is 2.67. The number of nitrogens with zero attached hydrogens (tertiary/aromatic N) is 1. The molecule has 4 nitrogen and oxygen atoms in total. The topological polar surface area (TPSA) is 59.4 Å². The van der Waals surface area contributed by atoms with Gasteiger partial charge in [-0.05, 0) is 36.2 Å². The molecule has 0 radical (unpaired) electrons. The van der Waals surface area contributed by atoms with Crippen molar-refractivity contribution < 1.29 is 14.6 Å². The Kier molecular flexibility index (Phi) is 3.57. The summed E-state index contributed by atoms with van der Waals surface area (Å²) in [5.74, 6) is -0.218. The molecule has 1 N–H and O–H groups in total. The van der Waals surface area contributed by atoms with Crippen LogP contribution < -0.4 is 4.74 Å². The molecule has 4 heteroatoms. The molecule has 0 fully saturated rings. The van der Waals surface area contributed by atoms with E-state index in [2.05, 4.69) is 4.98 Å². The zero-order valence-corrected chi connectivity index (χ0v) is 9.96. The fourth-order valence-electron chi connectivity index (χ4n) is 1.65. The van der Waals surface area contributed by atoms with Crippen molar-refractivity contribution in [1.29, 1.82) is 0 Å². The lowest BCUT2D eigenvalue weighted by Gasteiger charge is -2.07. The Labute approximate surface area is 105 Å². The summed E-state index contributed by atoms with van der Waals surface area (Å²) in [6.07, 6.45) is 3.32. The Balaban J connectivity index is 2.07. The van der Waals surface area contributed by atoms with E-state index in [-0.39, 0.29) is 0 Å². The van der Waals surface area contributed by atoms with Gasteiger partial charge in [0.1, 0.15) is 12.4 Å². The van der Waals surface area contributed by atoms with Gasteiger partial charge in [-0.3, -0.25) is 4.98 Å². The molecule has 0 saturated heterocycles. The van der Waals surface area contributed by atoms with Crippen molar-refractivity contribution in [3.05, 3.63) is 59.4 Å². The van der Waals surface area contributed by atoms with Crippen molar-refractivity contribution >= 4 is 5.97 Å². The molecule has 0 aliphatic rings. The molecular weight excluding hydrogens is 230 g/mol. The smallest absolute Gasteiger partial charge is 0.335 e. The summed E-state index contributed by atoms with van der Waals surface area (Å²) in [7, 11) is 0. The number of hydrogen-bond acceptors (Lipinski definition) is 3. The van der Waals surface area contributed by atoms with Crippen LogP contribution >= 0.6 is 0 Å². The molecule has 0 unspecified atom stereocenters. The number of aromatic carboxylic acids is 1. The van der Waals surface area contributed by atoms with Crippen molar-refractivity contribution in [3.8, 4) is 5.75 Å². The molecule has 0 aliphatic carbocycles. The van der Waals surface area contributed by atoms with Gasteiger partial charge in [-0.25, -0.2) is 4.79 Å². The second-order valence-corrected chi connectivity index (χ2v) is 3.93. The van der Waals surface area contributed by atoms with Crippen LogP contribution in [0, 0.1) is 6.92 Å². The molecule has 0 atom stereocenters. The first-order chi connectivity index (χ1) is 8.66. The summed E-state index contributed by atoms with van der Waals surface area (Å²) in [5.41, 5.74) is 1.98. The van der Waals surface area contributed by atoms with Gasteiger partial charge in [-0.15, -0.1) is 0 Å². The first kappa shape index (κ1) is 12.1. The second kappa shape index (κ2) is 5.31. The number of hydrogen-bond donors (Lipinski definition) is 1. The minimum atomic E-state index is -0.910. The summed E-state index contributed by atoms with van der Waals surface area (Å²) in [6.45, 7) is 2.17. The maximum Gasteiger partial charge on any atom is 0.335 e. The number of aryl methyl sites for hydroxylation is 1. The minimum Gasteiger partial charge on any atom is -0.487 e. The average Bonchev–Trinajstić information content (AvgIpc) is 2.37. The minimum absolute atomic E-state index is 0.320. The Bertz CT molecular complexity index is 552. The Morgan fingerprint density at radius 2 is 2.22 bits per heavy atom. The van der Waals surface area contributed by atoms with Crippen LogP contribution in [-0.2, 0) is 6.61 Å². The number of carbonyl (C=O) groups is 1. The highest BCUT2D eigenvalue weighted by Gasteiger charge is 2.07. The largest absolute Gasteiger partial charge is 0.487 e. The van der Waals surface area contributed by atoms with Crippen LogP contribution in [0.15, 0.2) is 42.7 Å². The molecule has 92 valence electrons. The molecule has 0 amide bonds. The number of rotatable bonds is 4. The third kappa shape index (κ3) is 2.85. The lowest BCUT2D eigenvalue weighted by atomic mass is 10.1. The van der Waals surface area contributed by atoms with Crippen molar-refractivity contribution in [3.63, 3.8) is 0 Å². The Morgan fingerprint density at radius 1 is 1.39 bits per heavy atom. The zero-order valence-electron chi connectivity index (χ0n) is 9.96. The van der Waals surface area contributed by atoms with E-state index < -0.39 is 5.97 Å². The molecule has 0 aliphatic heterocycles. The fraction of sp³-hybridized carbons (Fsp3) is 0.143. The van der Waals surface area contributed by atoms with E-state index in [0.717, 1.165) is 11.1 Å². The standard InChI is InChI=1S/C14H13NO3/c1-10-7-11(4-5-13(10)14(16)17)9-18-12-3-2-6-15-8-12/h2-8H,9H2,1H3,(H,16,17). The number of carboxylic acid groups (broad SMARTS) is 1. The van der Waals surface area contributed by atoms with Crippen molar-refractivity contribution in [2.75, 3.05) is 0 Å². The van der Waals surface area contributed by atoms with E-state index in [0.29, 0.717) is 17.9 Å². The zero-order chi connectivity index (χ0) is 13.0. The molecule has 0 bridgehead atoms. The lowest BCUT2D eigenvalue weighted by molar-refractivity contribution is 0.0696. The van der Waals surface area contributed by atoms with Crippen LogP contribution in [0.5, 0.6) is 5.75 Å². The summed E-state index contributed by atoms with van der Waals surface area (Å²) >= 11 is 0. The third-order valence-corrected chi connectivity index (χ3v) is 2.56. The van der Waals surface area contributed by atoms with E-state index in [9.17, 15) is 4.79 Å². The fourth-order valence-corrected chi connectivity index (χ4v) is 1.65. The number of benzene rings is 1. The molecule has 18 heavy (non-hydrogen) atoms. The SMILES string of the molecule is Cc1cc(COc2cccnc2)ccc1C(=O)O. The monoisotopic (exact) mass is 243 g/mol. The van der Waals surface area contributed by atoms with Gasteiger partial charge in [-0.1, -0.05) is 12.1 Å². The van der Waals surface area contributed by atoms with Gasteiger partial charge in [0, 0.05) is 6.20 Å². The van der Waals surface area contributed by atoms with Crippen LogP contribution in [0.25, 0.3) is 0 Å². The van der Waals surface area contributed by atoms with Crippen LogP contribution in [0.2, 0.25) is 0 Å². The molecule has 0 spiro atoms. The first-order valence-corrected chi connectivity index (χ1v) is 5.52. The van der Waals surface area contributed by atoms with E-state index in [4.69, 9.17) is 9.84 Å². The maximum atomic E-state index is 10.9. The summed E-state index contributed by atoms with van der Waals surface area (Å²) in [5, 5.41) is 8.92. The van der Waals surface area contributed by atoms with Crippen molar-refractivity contribution in [1.82, 2.24) is 4.98 Å². The molecule has 1 heterocycles. The van der Waals surface area contributed by atoms with Gasteiger partial charge in [-0.2, -0.15) is 0 Å². The van der Waals surface area contributed by atoms with Crippen LogP contribution in [0.4, 0.5) is 0 Å². The molecule has 1 aromatic carbocycles. The van der Waals surface area contributed by atoms with Gasteiger partial charge in [0.25, 0.3) is 0 Å². The van der Waals surface area contributed by atoms with E-state index in [1.54, 1.807) is 37.5 Å². The number of ether oxygens (including phenoxy) is 1. The van der Waals surface area contributed by atoms with Crippen LogP contribution in [0.1, 0.15) is 21.5 Å².